The molecule has 36 heavy (non-hydrogen) atoms. The van der Waals surface area contributed by atoms with Gasteiger partial charge in [-0.1, -0.05) is 24.3 Å². The summed E-state index contributed by atoms with van der Waals surface area (Å²) in [7, 11) is 1.44. The van der Waals surface area contributed by atoms with Crippen molar-refractivity contribution in [2.24, 2.45) is 0 Å². The predicted octanol–water partition coefficient (Wildman–Crippen LogP) is 5.17. The number of nitrogens with one attached hydrogen (secondary N) is 2. The van der Waals surface area contributed by atoms with Crippen molar-refractivity contribution in [2.45, 2.75) is 32.4 Å². The molecule has 2 N–H and O–H groups in total. The van der Waals surface area contributed by atoms with Gasteiger partial charge in [0.15, 0.2) is 0 Å². The van der Waals surface area contributed by atoms with Crippen LogP contribution in [0.3, 0.4) is 0 Å². The minimum atomic E-state index is -0.504. The first-order valence-electron chi connectivity index (χ1n) is 11.9. The monoisotopic (exact) mass is 483 g/mol. The van der Waals surface area contributed by atoms with Gasteiger partial charge in [0.2, 0.25) is 0 Å². The van der Waals surface area contributed by atoms with Gasteiger partial charge in [-0.15, -0.1) is 0 Å². The molecule has 8 heteroatoms. The number of amides is 1. The summed E-state index contributed by atoms with van der Waals surface area (Å²) < 4.78 is 18.8. The highest BCUT2D eigenvalue weighted by Crippen LogP contribution is 2.38. The van der Waals surface area contributed by atoms with E-state index in [1.165, 1.54) is 19.2 Å². The normalized spacial score (nSPS) is 15.2. The van der Waals surface area contributed by atoms with Crippen LogP contribution in [0.5, 0.6) is 5.75 Å². The van der Waals surface area contributed by atoms with E-state index in [2.05, 4.69) is 39.5 Å². The summed E-state index contributed by atoms with van der Waals surface area (Å²) in [6, 6.07) is 16.4. The number of hydrogen-bond acceptors (Lipinski definition) is 5. The van der Waals surface area contributed by atoms with Crippen molar-refractivity contribution < 1.29 is 13.9 Å². The molecule has 2 heterocycles. The second kappa shape index (κ2) is 9.70. The van der Waals surface area contributed by atoms with Crippen molar-refractivity contribution in [1.82, 2.24) is 15.5 Å². The van der Waals surface area contributed by atoms with Crippen LogP contribution >= 0.6 is 0 Å². The number of H-pyrrole nitrogens is 1. The Balaban J connectivity index is 1.41. The van der Waals surface area contributed by atoms with Gasteiger partial charge in [0.1, 0.15) is 17.6 Å². The van der Waals surface area contributed by atoms with E-state index in [-0.39, 0.29) is 12.1 Å². The smallest absolute Gasteiger partial charge is 0.255 e. The summed E-state index contributed by atoms with van der Waals surface area (Å²) in [5.41, 5.74) is 5.13. The molecule has 1 amide bonds. The molecule has 1 fully saturated rings. The van der Waals surface area contributed by atoms with Crippen molar-refractivity contribution in [2.75, 3.05) is 18.6 Å². The molecule has 0 radical (unpaired) electrons. The van der Waals surface area contributed by atoms with E-state index in [0.29, 0.717) is 17.4 Å². The van der Waals surface area contributed by atoms with Gasteiger partial charge in [-0.3, -0.25) is 9.89 Å². The third-order valence-corrected chi connectivity index (χ3v) is 6.81. The van der Waals surface area contributed by atoms with E-state index >= 15 is 0 Å². The minimum Gasteiger partial charge on any atom is -0.496 e. The van der Waals surface area contributed by atoms with Crippen molar-refractivity contribution in [3.05, 3.63) is 77.2 Å². The molecule has 4 aromatic rings. The number of ether oxygens (including phenoxy) is 1. The number of hydrogen-bond donors (Lipinski definition) is 2. The molecule has 1 aliphatic rings. The fourth-order valence-corrected chi connectivity index (χ4v) is 4.90. The van der Waals surface area contributed by atoms with E-state index in [1.54, 1.807) is 6.20 Å². The lowest BCUT2D eigenvalue weighted by atomic mass is 9.95. The lowest BCUT2D eigenvalue weighted by Gasteiger charge is -2.25. The number of aromatic nitrogens is 2. The highest BCUT2D eigenvalue weighted by Gasteiger charge is 2.25. The van der Waals surface area contributed by atoms with Gasteiger partial charge in [-0.25, -0.2) is 4.39 Å². The zero-order valence-corrected chi connectivity index (χ0v) is 20.1. The third kappa shape index (κ3) is 4.24. The Morgan fingerprint density at radius 3 is 2.78 bits per heavy atom. The Morgan fingerprint density at radius 2 is 2.08 bits per heavy atom. The van der Waals surface area contributed by atoms with Crippen LogP contribution in [0, 0.1) is 17.1 Å². The molecule has 5 rings (SSSR count). The number of anilines is 1. The van der Waals surface area contributed by atoms with Gasteiger partial charge < -0.3 is 15.0 Å². The summed E-state index contributed by atoms with van der Waals surface area (Å²) in [5.74, 6) is -0.614. The van der Waals surface area contributed by atoms with Gasteiger partial charge >= 0.3 is 0 Å². The Kier molecular flexibility index (Phi) is 6.30. The minimum absolute atomic E-state index is 0.143. The lowest BCUT2D eigenvalue weighted by molar-refractivity contribution is 0.0947. The second-order valence-corrected chi connectivity index (χ2v) is 9.00. The molecule has 1 saturated heterocycles. The number of carbonyl (C=O) groups is 1. The van der Waals surface area contributed by atoms with Crippen LogP contribution in [0.1, 0.15) is 41.3 Å². The maximum atomic E-state index is 13.6. The summed E-state index contributed by atoms with van der Waals surface area (Å²) in [6.45, 7) is 3.46. The predicted molar refractivity (Wildman–Crippen MR) is 136 cm³/mol. The fraction of sp³-hybridized carbons (Fsp3) is 0.250. The zero-order chi connectivity index (χ0) is 25.2. The number of nitrogens with zero attached hydrogens (tertiary/aromatic N) is 3. The summed E-state index contributed by atoms with van der Waals surface area (Å²) in [5, 5.41) is 21.0. The molecule has 1 aliphatic heterocycles. The van der Waals surface area contributed by atoms with Crippen molar-refractivity contribution in [3.8, 4) is 22.9 Å². The Labute approximate surface area is 208 Å². The molecular weight excluding hydrogens is 457 g/mol. The number of nitriles is 1. The zero-order valence-electron chi connectivity index (χ0n) is 20.1. The number of aromatic amines is 1. The van der Waals surface area contributed by atoms with Crippen LogP contribution in [0.4, 0.5) is 10.1 Å². The molecule has 7 nitrogen and oxygen atoms in total. The van der Waals surface area contributed by atoms with E-state index < -0.39 is 11.7 Å². The van der Waals surface area contributed by atoms with Gasteiger partial charge in [-0.2, -0.15) is 10.4 Å². The van der Waals surface area contributed by atoms with Crippen molar-refractivity contribution in [1.29, 1.82) is 5.26 Å². The molecule has 182 valence electrons. The first-order valence-corrected chi connectivity index (χ1v) is 11.9. The molecule has 1 atom stereocenters. The topological polar surface area (TPSA) is 94.0 Å². The van der Waals surface area contributed by atoms with Crippen molar-refractivity contribution in [3.63, 3.8) is 0 Å². The van der Waals surface area contributed by atoms with E-state index in [0.717, 1.165) is 58.7 Å². The van der Waals surface area contributed by atoms with Crippen LogP contribution in [0.25, 0.3) is 22.0 Å². The average molecular weight is 484 g/mol. The average Bonchev–Trinajstić information content (AvgIpc) is 3.56. The Hall–Kier alpha value is -4.38. The van der Waals surface area contributed by atoms with Crippen LogP contribution in [0.2, 0.25) is 0 Å². The first-order chi connectivity index (χ1) is 17.5. The van der Waals surface area contributed by atoms with Gasteiger partial charge in [0.25, 0.3) is 5.91 Å². The number of rotatable bonds is 6. The number of fused-ring (bicyclic) bond motifs is 1. The Bertz CT molecular complexity index is 1470. The fourth-order valence-electron chi connectivity index (χ4n) is 4.90. The molecule has 3 aromatic carbocycles. The van der Waals surface area contributed by atoms with Gasteiger partial charge in [-0.05, 0) is 55.2 Å². The number of halogens is 1. The maximum Gasteiger partial charge on any atom is 0.255 e. The highest BCUT2D eigenvalue weighted by molar-refractivity contribution is 6.01. The van der Waals surface area contributed by atoms with E-state index in [1.807, 2.05) is 24.3 Å². The quantitative estimate of drug-likeness (QED) is 0.395. The largest absolute Gasteiger partial charge is 0.496 e. The van der Waals surface area contributed by atoms with Crippen LogP contribution in [-0.2, 0) is 6.54 Å². The van der Waals surface area contributed by atoms with E-state index in [4.69, 9.17) is 4.74 Å². The lowest BCUT2D eigenvalue weighted by Crippen LogP contribution is -2.26. The number of carbonyl (C=O) groups excluding carboxylic acids is 1. The maximum absolute atomic E-state index is 13.6. The number of benzene rings is 3. The molecule has 0 saturated carbocycles. The van der Waals surface area contributed by atoms with Crippen LogP contribution in [0.15, 0.2) is 54.7 Å². The van der Waals surface area contributed by atoms with Crippen LogP contribution < -0.4 is 15.0 Å². The number of methoxy groups -OCH3 is 1. The Morgan fingerprint density at radius 1 is 1.28 bits per heavy atom. The summed E-state index contributed by atoms with van der Waals surface area (Å²) >= 11 is 0. The summed E-state index contributed by atoms with van der Waals surface area (Å²) in [6.07, 6.45) is 4.06. The van der Waals surface area contributed by atoms with Crippen molar-refractivity contribution >= 4 is 22.5 Å². The standard InChI is InChI=1S/C28H26FN5O2/c1-17-4-3-11-34(17)25-13-21(23(14-30)27-24(25)16-32-33-27)19-7-5-18(6-8-19)15-31-28(35)22-12-20(29)9-10-26(22)36-2/h5-10,12-13,16-17H,3-4,11,15H2,1-2H3,(H,31,35)(H,32,33). The second-order valence-electron chi connectivity index (χ2n) is 9.00. The van der Waals surface area contributed by atoms with Crippen LogP contribution in [-0.4, -0.2) is 35.8 Å². The first kappa shape index (κ1) is 23.4. The molecule has 1 aromatic heterocycles. The van der Waals surface area contributed by atoms with E-state index in [9.17, 15) is 14.4 Å². The third-order valence-electron chi connectivity index (χ3n) is 6.81. The molecular formula is C28H26FN5O2. The summed E-state index contributed by atoms with van der Waals surface area (Å²) in [4.78, 5) is 15.0. The highest BCUT2D eigenvalue weighted by atomic mass is 19.1. The molecule has 0 bridgehead atoms. The molecule has 1 unspecified atom stereocenters. The molecule has 0 aliphatic carbocycles. The van der Waals surface area contributed by atoms with Gasteiger partial charge in [0, 0.05) is 35.8 Å². The SMILES string of the molecule is COc1ccc(F)cc1C(=O)NCc1ccc(-c2cc(N3CCCC3C)c3cn[nH]c3c2C#N)cc1. The molecule has 0 spiro atoms. The van der Waals surface area contributed by atoms with Gasteiger partial charge in [0.05, 0.1) is 30.0 Å².